The first kappa shape index (κ1) is 15.6. The average molecular weight is 306 g/mol. The fourth-order valence-corrected chi connectivity index (χ4v) is 1.61. The maximum Gasteiger partial charge on any atom is 0.415 e. The van der Waals surface area contributed by atoms with Crippen molar-refractivity contribution < 1.29 is 14.3 Å². The van der Waals surface area contributed by atoms with Crippen molar-refractivity contribution in [1.82, 2.24) is 10.2 Å². The summed E-state index contributed by atoms with van der Waals surface area (Å²) in [6.07, 6.45) is -0.384. The minimum Gasteiger partial charge on any atom is -0.447 e. The maximum atomic E-state index is 11.0. The Kier molecular flexibility index (Phi) is 6.41. The van der Waals surface area contributed by atoms with Gasteiger partial charge in [-0.2, -0.15) is 0 Å². The molecule has 104 valence electrons. The van der Waals surface area contributed by atoms with Gasteiger partial charge in [-0.3, -0.25) is 0 Å². The minimum absolute atomic E-state index is 0.00869. The summed E-state index contributed by atoms with van der Waals surface area (Å²) in [5, 5.41) is 2.42. The summed E-state index contributed by atoms with van der Waals surface area (Å²) >= 11 is 11.3. The molecule has 0 aliphatic rings. The highest BCUT2D eigenvalue weighted by Gasteiger charge is 2.12. The zero-order valence-electron chi connectivity index (χ0n) is 9.86. The molecule has 0 fully saturated rings. The van der Waals surface area contributed by atoms with Crippen LogP contribution in [-0.2, 0) is 11.2 Å². The number of amides is 3. The summed E-state index contributed by atoms with van der Waals surface area (Å²) < 4.78 is 4.78. The molecule has 8 heteroatoms. The number of ether oxygens (including phenoxy) is 1. The largest absolute Gasteiger partial charge is 0.447 e. The number of benzene rings is 1. The molecule has 6 nitrogen and oxygen atoms in total. The number of nitrogens with one attached hydrogen (secondary N) is 2. The van der Waals surface area contributed by atoms with Gasteiger partial charge in [-0.1, -0.05) is 23.7 Å². The average Bonchev–Trinajstić information content (AvgIpc) is 2.36. The van der Waals surface area contributed by atoms with Crippen molar-refractivity contribution in [3.05, 3.63) is 34.9 Å². The van der Waals surface area contributed by atoms with E-state index in [1.165, 1.54) is 0 Å². The second-order valence-corrected chi connectivity index (χ2v) is 4.38. The second kappa shape index (κ2) is 7.83. The minimum atomic E-state index is -0.974. The van der Waals surface area contributed by atoms with E-state index in [0.29, 0.717) is 11.4 Å². The summed E-state index contributed by atoms with van der Waals surface area (Å²) in [6.45, 7) is -0.00869. The van der Waals surface area contributed by atoms with Crippen molar-refractivity contribution in [3.63, 3.8) is 0 Å². The predicted molar refractivity (Wildman–Crippen MR) is 72.0 cm³/mol. The van der Waals surface area contributed by atoms with Crippen LogP contribution >= 0.6 is 23.4 Å². The lowest BCUT2D eigenvalue weighted by molar-refractivity contribution is 0.138. The second-order valence-electron chi connectivity index (χ2n) is 3.72. The molecule has 0 heterocycles. The van der Waals surface area contributed by atoms with E-state index < -0.39 is 12.1 Å². The van der Waals surface area contributed by atoms with Gasteiger partial charge in [0.05, 0.1) is 6.04 Å². The molecule has 0 radical (unpaired) electrons. The van der Waals surface area contributed by atoms with Crippen molar-refractivity contribution in [3.8, 4) is 0 Å². The first-order valence-electron chi connectivity index (χ1n) is 5.35. The van der Waals surface area contributed by atoms with Crippen LogP contribution in [0.25, 0.3) is 0 Å². The van der Waals surface area contributed by atoms with E-state index in [-0.39, 0.29) is 12.6 Å². The molecule has 4 N–H and O–H groups in total. The molecular weight excluding hydrogens is 293 g/mol. The van der Waals surface area contributed by atoms with E-state index in [2.05, 4.69) is 4.84 Å². The Balaban J connectivity index is 2.43. The number of nitrogens with two attached hydrogens (primary N) is 1. The Hall–Kier alpha value is -1.50. The number of imide groups is 1. The topological polar surface area (TPSA) is 93.5 Å². The highest BCUT2D eigenvalue weighted by molar-refractivity contribution is 6.30. The van der Waals surface area contributed by atoms with Crippen LogP contribution in [0.15, 0.2) is 24.3 Å². The smallest absolute Gasteiger partial charge is 0.415 e. The van der Waals surface area contributed by atoms with Gasteiger partial charge in [-0.05, 0) is 35.9 Å². The molecule has 1 atom stereocenters. The molecule has 0 bridgehead atoms. The van der Waals surface area contributed by atoms with Gasteiger partial charge < -0.3 is 10.5 Å². The third kappa shape index (κ3) is 6.28. The summed E-state index contributed by atoms with van der Waals surface area (Å²) in [6, 6.07) is 5.91. The maximum absolute atomic E-state index is 11.0. The van der Waals surface area contributed by atoms with Crippen LogP contribution < -0.4 is 15.9 Å². The Labute approximate surface area is 120 Å². The van der Waals surface area contributed by atoms with E-state index in [1.807, 2.05) is 12.1 Å². The molecule has 0 aliphatic heterocycles. The van der Waals surface area contributed by atoms with Gasteiger partial charge in [0, 0.05) is 5.02 Å². The van der Waals surface area contributed by atoms with Gasteiger partial charge in [0.1, 0.15) is 6.61 Å². The van der Waals surface area contributed by atoms with Gasteiger partial charge >= 0.3 is 12.1 Å². The molecule has 19 heavy (non-hydrogen) atoms. The van der Waals surface area contributed by atoms with Crippen molar-refractivity contribution in [2.75, 3.05) is 6.61 Å². The van der Waals surface area contributed by atoms with Crippen LogP contribution in [0.4, 0.5) is 9.59 Å². The Morgan fingerprint density at radius 1 is 1.32 bits per heavy atom. The number of carbonyl (C=O) groups is 2. The van der Waals surface area contributed by atoms with Crippen molar-refractivity contribution in [1.29, 1.82) is 0 Å². The third-order valence-corrected chi connectivity index (χ3v) is 2.75. The van der Waals surface area contributed by atoms with Gasteiger partial charge in [-0.25, -0.2) is 19.7 Å². The van der Waals surface area contributed by atoms with E-state index in [4.69, 9.17) is 33.8 Å². The van der Waals surface area contributed by atoms with Crippen LogP contribution in [0, 0.1) is 0 Å². The van der Waals surface area contributed by atoms with Crippen molar-refractivity contribution in [2.24, 2.45) is 5.73 Å². The third-order valence-electron chi connectivity index (χ3n) is 2.19. The quantitative estimate of drug-likeness (QED) is 0.723. The number of rotatable bonds is 5. The lowest BCUT2D eigenvalue weighted by Crippen LogP contribution is -2.38. The standard InChI is InChI=1S/C11H13Cl2N3O3/c12-8-3-1-7(2-4-8)5-9(16-13)6-19-11(18)15-10(14)17/h1-4,9,16H,5-6H2,(H3,14,15,17,18). The Morgan fingerprint density at radius 2 is 1.95 bits per heavy atom. The number of hydrogen-bond acceptors (Lipinski definition) is 4. The van der Waals surface area contributed by atoms with Crippen molar-refractivity contribution in [2.45, 2.75) is 12.5 Å². The van der Waals surface area contributed by atoms with Crippen LogP contribution in [0.5, 0.6) is 0 Å². The fourth-order valence-electron chi connectivity index (χ4n) is 1.35. The SMILES string of the molecule is NC(=O)NC(=O)OCC(Cc1ccc(Cl)cc1)NCl. The lowest BCUT2D eigenvalue weighted by Gasteiger charge is -2.14. The number of carbonyl (C=O) groups excluding carboxylic acids is 2. The summed E-state index contributed by atoms with van der Waals surface area (Å²) in [7, 11) is 0. The van der Waals surface area contributed by atoms with E-state index in [0.717, 1.165) is 5.56 Å². The summed E-state index contributed by atoms with van der Waals surface area (Å²) in [5.74, 6) is 0. The Morgan fingerprint density at radius 3 is 2.47 bits per heavy atom. The molecule has 1 rings (SSSR count). The summed E-state index contributed by atoms with van der Waals surface area (Å²) in [5.41, 5.74) is 5.74. The molecule has 1 unspecified atom stereocenters. The molecule has 0 aromatic heterocycles. The monoisotopic (exact) mass is 305 g/mol. The number of primary amides is 1. The molecule has 3 amide bonds. The molecule has 0 spiro atoms. The zero-order chi connectivity index (χ0) is 14.3. The van der Waals surface area contributed by atoms with E-state index in [9.17, 15) is 9.59 Å². The highest BCUT2D eigenvalue weighted by atomic mass is 35.5. The zero-order valence-corrected chi connectivity index (χ0v) is 11.4. The van der Waals surface area contributed by atoms with Gasteiger partial charge in [0.25, 0.3) is 0 Å². The number of urea groups is 1. The van der Waals surface area contributed by atoms with Crippen LogP contribution in [0.3, 0.4) is 0 Å². The number of alkyl carbamates (subject to hydrolysis) is 1. The van der Waals surface area contributed by atoms with Crippen LogP contribution in [0.2, 0.25) is 5.02 Å². The molecular formula is C11H13Cl2N3O3. The lowest BCUT2D eigenvalue weighted by atomic mass is 10.1. The highest BCUT2D eigenvalue weighted by Crippen LogP contribution is 2.11. The van der Waals surface area contributed by atoms with Crippen LogP contribution in [0.1, 0.15) is 5.56 Å². The molecule has 0 aliphatic carbocycles. The van der Waals surface area contributed by atoms with Gasteiger partial charge in [-0.15, -0.1) is 0 Å². The molecule has 0 saturated heterocycles. The normalized spacial score (nSPS) is 11.7. The number of halogens is 2. The van der Waals surface area contributed by atoms with E-state index >= 15 is 0 Å². The van der Waals surface area contributed by atoms with Gasteiger partial charge in [0.2, 0.25) is 0 Å². The summed E-state index contributed by atoms with van der Waals surface area (Å²) in [4.78, 5) is 23.9. The van der Waals surface area contributed by atoms with E-state index in [1.54, 1.807) is 17.4 Å². The number of hydrogen-bond donors (Lipinski definition) is 3. The predicted octanol–water partition coefficient (Wildman–Crippen LogP) is 1.80. The van der Waals surface area contributed by atoms with Crippen molar-refractivity contribution >= 4 is 35.5 Å². The van der Waals surface area contributed by atoms with Crippen LogP contribution in [-0.4, -0.2) is 24.8 Å². The molecule has 0 saturated carbocycles. The molecule has 1 aromatic carbocycles. The van der Waals surface area contributed by atoms with Gasteiger partial charge in [0.15, 0.2) is 0 Å². The first-order chi connectivity index (χ1) is 9.01. The molecule has 1 aromatic rings. The Bertz CT molecular complexity index is 439. The first-order valence-corrected chi connectivity index (χ1v) is 6.10. The fraction of sp³-hybridized carbons (Fsp3) is 0.273.